The van der Waals surface area contributed by atoms with E-state index < -0.39 is 10.0 Å². The Hall–Kier alpha value is -2.42. The van der Waals surface area contributed by atoms with Crippen LogP contribution in [0.2, 0.25) is 0 Å². The topological polar surface area (TPSA) is 79.0 Å². The summed E-state index contributed by atoms with van der Waals surface area (Å²) in [7, 11) is -1.96. The summed E-state index contributed by atoms with van der Waals surface area (Å²) >= 11 is 0. The van der Waals surface area contributed by atoms with Crippen LogP contribution in [-0.4, -0.2) is 69.9 Å². The Morgan fingerprint density at radius 1 is 0.969 bits per heavy atom. The summed E-state index contributed by atoms with van der Waals surface area (Å²) in [6.07, 6.45) is 0. The number of ether oxygens (including phenoxy) is 1. The Kier molecular flexibility index (Phi) is 7.59. The van der Waals surface area contributed by atoms with Crippen LogP contribution in [0.1, 0.15) is 36.7 Å². The molecule has 1 aliphatic rings. The van der Waals surface area contributed by atoms with Crippen molar-refractivity contribution >= 4 is 15.9 Å². The summed E-state index contributed by atoms with van der Waals surface area (Å²) < 4.78 is 32.3. The first-order chi connectivity index (χ1) is 15.1. The number of benzene rings is 2. The van der Waals surface area contributed by atoms with Crippen molar-refractivity contribution in [1.29, 1.82) is 0 Å². The van der Waals surface area contributed by atoms with Gasteiger partial charge in [-0.05, 0) is 47.4 Å². The van der Waals surface area contributed by atoms with Crippen molar-refractivity contribution in [3.05, 3.63) is 59.7 Å². The number of carbonyl (C=O) groups is 1. The monoisotopic (exact) mass is 459 g/mol. The highest BCUT2D eigenvalue weighted by atomic mass is 32.2. The number of piperazine rings is 1. The maximum atomic E-state index is 12.8. The van der Waals surface area contributed by atoms with E-state index in [4.69, 9.17) is 4.74 Å². The van der Waals surface area contributed by atoms with Crippen molar-refractivity contribution < 1.29 is 17.9 Å². The second-order valence-corrected chi connectivity index (χ2v) is 10.9. The van der Waals surface area contributed by atoms with Crippen molar-refractivity contribution in [2.75, 3.05) is 46.4 Å². The molecule has 32 heavy (non-hydrogen) atoms. The second kappa shape index (κ2) is 10.0. The van der Waals surface area contributed by atoms with E-state index in [1.54, 1.807) is 31.4 Å². The van der Waals surface area contributed by atoms with Crippen LogP contribution in [0.3, 0.4) is 0 Å². The summed E-state index contributed by atoms with van der Waals surface area (Å²) in [5, 5.41) is 2.96. The van der Waals surface area contributed by atoms with Gasteiger partial charge < -0.3 is 10.1 Å². The van der Waals surface area contributed by atoms with Gasteiger partial charge in [0.1, 0.15) is 5.75 Å². The summed E-state index contributed by atoms with van der Waals surface area (Å²) in [4.78, 5) is 14.9. The van der Waals surface area contributed by atoms with E-state index in [2.05, 4.69) is 31.0 Å². The van der Waals surface area contributed by atoms with Crippen LogP contribution in [0.15, 0.2) is 53.4 Å². The van der Waals surface area contributed by atoms with Gasteiger partial charge in [-0.1, -0.05) is 32.9 Å². The molecule has 1 N–H and O–H groups in total. The molecule has 0 unspecified atom stereocenters. The first-order valence-corrected chi connectivity index (χ1v) is 12.3. The van der Waals surface area contributed by atoms with Gasteiger partial charge in [-0.25, -0.2) is 8.42 Å². The molecule has 1 saturated heterocycles. The Morgan fingerprint density at radius 2 is 1.56 bits per heavy atom. The maximum absolute atomic E-state index is 12.8. The third-order valence-electron chi connectivity index (χ3n) is 5.76. The lowest BCUT2D eigenvalue weighted by Gasteiger charge is -2.34. The zero-order chi connectivity index (χ0) is 23.4. The van der Waals surface area contributed by atoms with Crippen molar-refractivity contribution in [2.45, 2.75) is 31.1 Å². The van der Waals surface area contributed by atoms with Crippen LogP contribution in [0, 0.1) is 0 Å². The molecule has 2 aromatic rings. The van der Waals surface area contributed by atoms with E-state index in [-0.39, 0.29) is 16.2 Å². The number of sulfonamides is 1. The second-order valence-electron chi connectivity index (χ2n) is 9.00. The predicted octanol–water partition coefficient (Wildman–Crippen LogP) is 2.73. The number of hydrogen-bond acceptors (Lipinski definition) is 5. The van der Waals surface area contributed by atoms with Gasteiger partial charge >= 0.3 is 0 Å². The summed E-state index contributed by atoms with van der Waals surface area (Å²) in [5.41, 5.74) is 1.89. The Morgan fingerprint density at radius 3 is 2.09 bits per heavy atom. The van der Waals surface area contributed by atoms with Gasteiger partial charge in [0.25, 0.3) is 5.91 Å². The summed E-state index contributed by atoms with van der Waals surface area (Å²) in [6, 6.07) is 14.2. The fraction of sp³-hybridized carbons (Fsp3) is 0.458. The zero-order valence-corrected chi connectivity index (χ0v) is 20.1. The van der Waals surface area contributed by atoms with E-state index >= 15 is 0 Å². The summed E-state index contributed by atoms with van der Waals surface area (Å²) in [5.74, 6) is 0.534. The summed E-state index contributed by atoms with van der Waals surface area (Å²) in [6.45, 7) is 9.75. The maximum Gasteiger partial charge on any atom is 0.251 e. The van der Waals surface area contributed by atoms with Gasteiger partial charge in [0.15, 0.2) is 0 Å². The molecule has 8 heteroatoms. The molecule has 0 spiro atoms. The number of rotatable bonds is 7. The highest BCUT2D eigenvalue weighted by molar-refractivity contribution is 7.89. The molecule has 3 rings (SSSR count). The minimum absolute atomic E-state index is 0.0536. The van der Waals surface area contributed by atoms with Crippen LogP contribution < -0.4 is 10.1 Å². The molecule has 0 aliphatic carbocycles. The third kappa shape index (κ3) is 5.88. The highest BCUT2D eigenvalue weighted by Gasteiger charge is 2.28. The number of hydrogen-bond donors (Lipinski definition) is 1. The van der Waals surface area contributed by atoms with Crippen molar-refractivity contribution in [3.8, 4) is 5.75 Å². The Bertz CT molecular complexity index is 1000. The first kappa shape index (κ1) is 24.2. The van der Waals surface area contributed by atoms with Crippen LogP contribution >= 0.6 is 0 Å². The predicted molar refractivity (Wildman–Crippen MR) is 126 cm³/mol. The Balaban J connectivity index is 1.45. The molecule has 0 atom stereocenters. The fourth-order valence-corrected chi connectivity index (χ4v) is 5.06. The lowest BCUT2D eigenvalue weighted by molar-refractivity contribution is 0.0945. The van der Waals surface area contributed by atoms with Gasteiger partial charge in [0.2, 0.25) is 10.0 Å². The van der Waals surface area contributed by atoms with Crippen molar-refractivity contribution in [2.24, 2.45) is 0 Å². The number of methoxy groups -OCH3 is 1. The molecular weight excluding hydrogens is 426 g/mol. The Labute approximate surface area is 191 Å². The molecule has 1 fully saturated rings. The molecule has 0 aromatic heterocycles. The molecule has 0 bridgehead atoms. The molecule has 1 aliphatic heterocycles. The minimum atomic E-state index is -3.51. The molecule has 1 amide bonds. The van der Waals surface area contributed by atoms with E-state index in [0.29, 0.717) is 50.6 Å². The normalized spacial score (nSPS) is 16.0. The first-order valence-electron chi connectivity index (χ1n) is 10.9. The lowest BCUT2D eigenvalue weighted by Crippen LogP contribution is -2.50. The van der Waals surface area contributed by atoms with Gasteiger partial charge in [-0.15, -0.1) is 0 Å². The number of nitrogens with zero attached hydrogens (tertiary/aromatic N) is 2. The van der Waals surface area contributed by atoms with Gasteiger partial charge in [-0.3, -0.25) is 9.69 Å². The standard InChI is InChI=1S/C24H33N3O4S/c1-24(2,3)20-7-5-19(6-8-20)23(28)25-13-14-26-15-17-27(18-16-26)32(29,30)22-11-9-21(31-4)10-12-22/h5-12H,13-18H2,1-4H3,(H,25,28). The lowest BCUT2D eigenvalue weighted by atomic mass is 9.87. The van der Waals surface area contributed by atoms with Crippen molar-refractivity contribution in [1.82, 2.24) is 14.5 Å². The van der Waals surface area contributed by atoms with E-state index in [1.165, 1.54) is 9.87 Å². The van der Waals surface area contributed by atoms with Gasteiger partial charge in [0, 0.05) is 44.8 Å². The van der Waals surface area contributed by atoms with E-state index in [1.807, 2.05) is 24.3 Å². The van der Waals surface area contributed by atoms with E-state index in [0.717, 1.165) is 0 Å². The molecule has 1 heterocycles. The molecule has 0 radical (unpaired) electrons. The molecule has 2 aromatic carbocycles. The van der Waals surface area contributed by atoms with Crippen molar-refractivity contribution in [3.63, 3.8) is 0 Å². The van der Waals surface area contributed by atoms with Crippen LogP contribution in [0.5, 0.6) is 5.75 Å². The molecule has 7 nitrogen and oxygen atoms in total. The van der Waals surface area contributed by atoms with Crippen LogP contribution in [0.4, 0.5) is 0 Å². The van der Waals surface area contributed by atoms with Gasteiger partial charge in [0.05, 0.1) is 12.0 Å². The average Bonchev–Trinajstić information content (AvgIpc) is 2.79. The number of carbonyl (C=O) groups excluding carboxylic acids is 1. The SMILES string of the molecule is COc1ccc(S(=O)(=O)N2CCN(CCNC(=O)c3ccc(C(C)(C)C)cc3)CC2)cc1. The molecule has 174 valence electrons. The highest BCUT2D eigenvalue weighted by Crippen LogP contribution is 2.22. The van der Waals surface area contributed by atoms with Crippen LogP contribution in [-0.2, 0) is 15.4 Å². The molecular formula is C24H33N3O4S. The number of nitrogens with one attached hydrogen (secondary N) is 1. The van der Waals surface area contributed by atoms with Crippen LogP contribution in [0.25, 0.3) is 0 Å². The largest absolute Gasteiger partial charge is 0.497 e. The average molecular weight is 460 g/mol. The zero-order valence-electron chi connectivity index (χ0n) is 19.3. The smallest absolute Gasteiger partial charge is 0.251 e. The van der Waals surface area contributed by atoms with E-state index in [9.17, 15) is 13.2 Å². The molecule has 0 saturated carbocycles. The minimum Gasteiger partial charge on any atom is -0.497 e. The van der Waals surface area contributed by atoms with Gasteiger partial charge in [-0.2, -0.15) is 4.31 Å². The third-order valence-corrected chi connectivity index (χ3v) is 7.67. The fourth-order valence-electron chi connectivity index (χ4n) is 3.64. The number of amides is 1. The quantitative estimate of drug-likeness (QED) is 0.689.